The summed E-state index contributed by atoms with van der Waals surface area (Å²) in [5.74, 6) is -2.39. The number of rotatable bonds is 5. The number of halogens is 2. The molecule has 2 aromatic rings. The van der Waals surface area contributed by atoms with Gasteiger partial charge in [0.1, 0.15) is 12.7 Å². The van der Waals surface area contributed by atoms with E-state index < -0.39 is 11.3 Å². The summed E-state index contributed by atoms with van der Waals surface area (Å²) in [7, 11) is 0. The van der Waals surface area contributed by atoms with Crippen molar-refractivity contribution >= 4 is 0 Å². The minimum absolute atomic E-state index is 0.111. The van der Waals surface area contributed by atoms with E-state index in [2.05, 4.69) is 39.7 Å². The highest BCUT2D eigenvalue weighted by Gasteiger charge is 2.70. The zero-order valence-corrected chi connectivity index (χ0v) is 13.6. The van der Waals surface area contributed by atoms with Gasteiger partial charge < -0.3 is 5.32 Å². The maximum Gasteiger partial charge on any atom is 0.254 e. The lowest BCUT2D eigenvalue weighted by atomic mass is 9.83. The highest BCUT2D eigenvalue weighted by Crippen LogP contribution is 2.67. The van der Waals surface area contributed by atoms with Crippen LogP contribution in [-0.4, -0.2) is 26.7 Å². The Kier molecular flexibility index (Phi) is 3.87. The minimum Gasteiger partial charge on any atom is -0.310 e. The molecule has 0 saturated heterocycles. The van der Waals surface area contributed by atoms with Gasteiger partial charge in [-0.05, 0) is 36.8 Å². The van der Waals surface area contributed by atoms with Crippen LogP contribution < -0.4 is 5.32 Å². The Morgan fingerprint density at radius 2 is 1.79 bits per heavy atom. The lowest BCUT2D eigenvalue weighted by Crippen LogP contribution is -2.34. The van der Waals surface area contributed by atoms with Crippen molar-refractivity contribution in [2.24, 2.45) is 5.41 Å². The van der Waals surface area contributed by atoms with Crippen LogP contribution in [0.2, 0.25) is 0 Å². The molecule has 2 aliphatic rings. The van der Waals surface area contributed by atoms with E-state index in [9.17, 15) is 8.78 Å². The fraction of sp³-hybridized carbons (Fsp3) is 0.556. The lowest BCUT2D eigenvalue weighted by molar-refractivity contribution is 0.0437. The molecule has 1 aromatic carbocycles. The first-order valence-electron chi connectivity index (χ1n) is 8.58. The van der Waals surface area contributed by atoms with Gasteiger partial charge in [-0.1, -0.05) is 24.3 Å². The molecule has 2 fully saturated rings. The van der Waals surface area contributed by atoms with Crippen LogP contribution >= 0.6 is 0 Å². The number of nitrogens with one attached hydrogen (secondary N) is 1. The SMILES string of the molecule is FC1(F)CC12CCC(NCc1ccc(Cn3cncn3)cc1)CC2. The van der Waals surface area contributed by atoms with Crippen LogP contribution in [0.3, 0.4) is 0 Å². The third-order valence-corrected chi connectivity index (χ3v) is 5.58. The molecule has 0 aliphatic heterocycles. The van der Waals surface area contributed by atoms with E-state index in [1.807, 2.05) is 0 Å². The largest absolute Gasteiger partial charge is 0.310 e. The third kappa shape index (κ3) is 3.07. The monoisotopic (exact) mass is 332 g/mol. The number of nitrogens with zero attached hydrogens (tertiary/aromatic N) is 3. The van der Waals surface area contributed by atoms with E-state index in [1.54, 1.807) is 11.0 Å². The summed E-state index contributed by atoms with van der Waals surface area (Å²) >= 11 is 0. The predicted molar refractivity (Wildman–Crippen MR) is 86.7 cm³/mol. The molecule has 0 unspecified atom stereocenters. The molecule has 6 heteroatoms. The first-order valence-corrected chi connectivity index (χ1v) is 8.58. The van der Waals surface area contributed by atoms with Crippen LogP contribution in [0.5, 0.6) is 0 Å². The quantitative estimate of drug-likeness (QED) is 0.913. The van der Waals surface area contributed by atoms with Gasteiger partial charge in [-0.15, -0.1) is 0 Å². The van der Waals surface area contributed by atoms with Gasteiger partial charge in [0, 0.05) is 24.4 Å². The van der Waals surface area contributed by atoms with Gasteiger partial charge in [-0.3, -0.25) is 0 Å². The molecule has 4 nitrogen and oxygen atoms in total. The maximum atomic E-state index is 13.4. The highest BCUT2D eigenvalue weighted by atomic mass is 19.3. The Balaban J connectivity index is 1.25. The second-order valence-corrected chi connectivity index (χ2v) is 7.23. The van der Waals surface area contributed by atoms with Crippen molar-refractivity contribution in [3.05, 3.63) is 48.0 Å². The summed E-state index contributed by atoms with van der Waals surface area (Å²) in [5, 5.41) is 7.62. The van der Waals surface area contributed by atoms with E-state index in [4.69, 9.17) is 0 Å². The fourth-order valence-electron chi connectivity index (χ4n) is 3.82. The predicted octanol–water partition coefficient (Wildman–Crippen LogP) is 3.38. The lowest BCUT2D eigenvalue weighted by Gasteiger charge is -2.29. The van der Waals surface area contributed by atoms with Crippen molar-refractivity contribution in [3.63, 3.8) is 0 Å². The second kappa shape index (κ2) is 5.92. The van der Waals surface area contributed by atoms with Crippen molar-refractivity contribution in [1.29, 1.82) is 0 Å². The van der Waals surface area contributed by atoms with Crippen LogP contribution in [0.4, 0.5) is 8.78 Å². The molecule has 0 amide bonds. The number of aromatic nitrogens is 3. The number of alkyl halides is 2. The number of hydrogen-bond donors (Lipinski definition) is 1. The molecule has 128 valence electrons. The van der Waals surface area contributed by atoms with Crippen molar-refractivity contribution in [1.82, 2.24) is 20.1 Å². The summed E-state index contributed by atoms with van der Waals surface area (Å²) in [5.41, 5.74) is 1.75. The first-order chi connectivity index (χ1) is 11.6. The molecule has 24 heavy (non-hydrogen) atoms. The molecule has 0 bridgehead atoms. The zero-order valence-electron chi connectivity index (χ0n) is 13.6. The smallest absolute Gasteiger partial charge is 0.254 e. The summed E-state index contributed by atoms with van der Waals surface area (Å²) in [6, 6.07) is 8.78. The van der Waals surface area contributed by atoms with Gasteiger partial charge in [0.2, 0.25) is 0 Å². The highest BCUT2D eigenvalue weighted by molar-refractivity contribution is 5.22. The van der Waals surface area contributed by atoms with Gasteiger partial charge >= 0.3 is 0 Å². The Labute approximate surface area is 140 Å². The van der Waals surface area contributed by atoms with Gasteiger partial charge in [0.25, 0.3) is 5.92 Å². The Morgan fingerprint density at radius 3 is 2.38 bits per heavy atom. The molecular weight excluding hydrogens is 310 g/mol. The van der Waals surface area contributed by atoms with E-state index in [0.717, 1.165) is 19.4 Å². The topological polar surface area (TPSA) is 42.7 Å². The van der Waals surface area contributed by atoms with Gasteiger partial charge in [-0.25, -0.2) is 18.4 Å². The van der Waals surface area contributed by atoms with Gasteiger partial charge in [0.15, 0.2) is 0 Å². The van der Waals surface area contributed by atoms with Crippen molar-refractivity contribution in [2.75, 3.05) is 0 Å². The molecule has 0 radical (unpaired) electrons. The normalized spacial score (nSPS) is 28.2. The Bertz CT molecular complexity index is 674. The minimum atomic E-state index is -2.39. The van der Waals surface area contributed by atoms with E-state index in [-0.39, 0.29) is 6.42 Å². The molecule has 1 heterocycles. The first kappa shape index (κ1) is 15.7. The molecule has 2 saturated carbocycles. The molecule has 1 spiro atoms. The summed E-state index contributed by atoms with van der Waals surface area (Å²) in [6.07, 6.45) is 6.39. The van der Waals surface area contributed by atoms with Crippen LogP contribution in [0.25, 0.3) is 0 Å². The summed E-state index contributed by atoms with van der Waals surface area (Å²) < 4.78 is 28.6. The maximum absolute atomic E-state index is 13.4. The number of benzene rings is 1. The Morgan fingerprint density at radius 1 is 1.12 bits per heavy atom. The second-order valence-electron chi connectivity index (χ2n) is 7.23. The van der Waals surface area contributed by atoms with Crippen LogP contribution in [-0.2, 0) is 13.1 Å². The van der Waals surface area contributed by atoms with Crippen LogP contribution in [0.1, 0.15) is 43.2 Å². The van der Waals surface area contributed by atoms with E-state index >= 15 is 0 Å². The summed E-state index contributed by atoms with van der Waals surface area (Å²) in [4.78, 5) is 3.94. The Hall–Kier alpha value is -1.82. The standard InChI is InChI=1S/C18H22F2N4/c19-18(20)11-17(18)7-5-16(6-8-17)22-9-14-1-3-15(4-2-14)10-24-13-21-12-23-24/h1-4,12-13,16,22H,5-11H2. The number of hydrogen-bond acceptors (Lipinski definition) is 3. The molecule has 1 aromatic heterocycles. The van der Waals surface area contributed by atoms with Crippen LogP contribution in [0, 0.1) is 5.41 Å². The van der Waals surface area contributed by atoms with Gasteiger partial charge in [0.05, 0.1) is 6.54 Å². The average molecular weight is 332 g/mol. The zero-order chi connectivity index (χ0) is 16.6. The van der Waals surface area contributed by atoms with Crippen molar-refractivity contribution in [2.45, 2.75) is 57.2 Å². The van der Waals surface area contributed by atoms with Crippen molar-refractivity contribution in [3.8, 4) is 0 Å². The molecule has 4 rings (SSSR count). The van der Waals surface area contributed by atoms with Gasteiger partial charge in [-0.2, -0.15) is 5.10 Å². The molecule has 0 atom stereocenters. The van der Waals surface area contributed by atoms with E-state index in [0.29, 0.717) is 25.4 Å². The van der Waals surface area contributed by atoms with Crippen LogP contribution in [0.15, 0.2) is 36.9 Å². The third-order valence-electron chi connectivity index (χ3n) is 5.58. The molecule has 2 aliphatic carbocycles. The molecular formula is C18H22F2N4. The van der Waals surface area contributed by atoms with E-state index in [1.165, 1.54) is 17.5 Å². The summed E-state index contributed by atoms with van der Waals surface area (Å²) in [6.45, 7) is 1.50. The average Bonchev–Trinajstić information content (AvgIpc) is 2.92. The molecule has 1 N–H and O–H groups in total. The van der Waals surface area contributed by atoms with Crippen molar-refractivity contribution < 1.29 is 8.78 Å². The fourth-order valence-corrected chi connectivity index (χ4v) is 3.82.